The minimum atomic E-state index is -3.55. The number of rotatable bonds is 5. The highest BCUT2D eigenvalue weighted by Crippen LogP contribution is 2.14. The summed E-state index contributed by atoms with van der Waals surface area (Å²) in [5, 5.41) is 0. The van der Waals surface area contributed by atoms with E-state index in [9.17, 15) is 17.2 Å². The molecule has 0 saturated heterocycles. The van der Waals surface area contributed by atoms with Crippen molar-refractivity contribution in [2.75, 3.05) is 16.4 Å². The Morgan fingerprint density at radius 2 is 1.94 bits per heavy atom. The number of hydrogen-bond acceptors (Lipinski definition) is 2. The van der Waals surface area contributed by atoms with Crippen LogP contribution in [-0.4, -0.2) is 20.1 Å². The summed E-state index contributed by atoms with van der Waals surface area (Å²) in [6, 6.07) is 2.79. The van der Waals surface area contributed by atoms with Gasteiger partial charge in [0.05, 0.1) is 11.4 Å². The van der Waals surface area contributed by atoms with E-state index in [-0.39, 0.29) is 17.3 Å². The Hall–Kier alpha value is -0.880. The molecule has 0 aromatic heterocycles. The van der Waals surface area contributed by atoms with Gasteiger partial charge in [-0.05, 0) is 18.6 Å². The molecule has 0 aliphatic carbocycles. The average Bonchev–Trinajstić information content (AvgIpc) is 2.20. The Bertz CT molecular complexity index is 465. The molecular weight excluding hydrogens is 260 g/mol. The second kappa shape index (κ2) is 5.45. The summed E-state index contributed by atoms with van der Waals surface area (Å²) in [4.78, 5) is 0. The Labute approximate surface area is 97.5 Å². The van der Waals surface area contributed by atoms with Gasteiger partial charge >= 0.3 is 0 Å². The lowest BCUT2D eigenvalue weighted by Gasteiger charge is -2.07. The van der Waals surface area contributed by atoms with Crippen LogP contribution >= 0.6 is 11.6 Å². The standard InChI is InChI=1S/C9H10ClF2NO2S/c10-4-1-5-16(14,15)13-7-2-3-8(11)9(12)6-7/h2-3,6,13H,1,4-5H2. The molecule has 0 aliphatic rings. The van der Waals surface area contributed by atoms with Crippen LogP contribution in [-0.2, 0) is 10.0 Å². The lowest BCUT2D eigenvalue weighted by Crippen LogP contribution is -2.17. The number of halogens is 3. The molecule has 0 heterocycles. The summed E-state index contributed by atoms with van der Waals surface area (Å²) < 4.78 is 50.2. The third-order valence-electron chi connectivity index (χ3n) is 1.74. The van der Waals surface area contributed by atoms with Crippen LogP contribution in [0.5, 0.6) is 0 Å². The minimum absolute atomic E-state index is 0.00604. The van der Waals surface area contributed by atoms with E-state index in [1.54, 1.807) is 0 Å². The number of nitrogens with one attached hydrogen (secondary N) is 1. The van der Waals surface area contributed by atoms with Crippen LogP contribution < -0.4 is 4.72 Å². The number of hydrogen-bond donors (Lipinski definition) is 1. The topological polar surface area (TPSA) is 46.2 Å². The zero-order chi connectivity index (χ0) is 12.2. The summed E-state index contributed by atoms with van der Waals surface area (Å²) in [5.41, 5.74) is -0.00604. The van der Waals surface area contributed by atoms with Crippen LogP contribution in [0, 0.1) is 11.6 Å². The first kappa shape index (κ1) is 13.2. The van der Waals surface area contributed by atoms with Crippen LogP contribution in [0.2, 0.25) is 0 Å². The van der Waals surface area contributed by atoms with Crippen LogP contribution in [0.15, 0.2) is 18.2 Å². The highest BCUT2D eigenvalue weighted by molar-refractivity contribution is 7.92. The molecule has 0 saturated carbocycles. The highest BCUT2D eigenvalue weighted by atomic mass is 35.5. The molecule has 1 N–H and O–H groups in total. The van der Waals surface area contributed by atoms with E-state index in [2.05, 4.69) is 4.72 Å². The summed E-state index contributed by atoms with van der Waals surface area (Å²) in [7, 11) is -3.55. The summed E-state index contributed by atoms with van der Waals surface area (Å²) in [5.74, 6) is -2.06. The lowest BCUT2D eigenvalue weighted by atomic mass is 10.3. The van der Waals surface area contributed by atoms with Gasteiger partial charge in [-0.25, -0.2) is 17.2 Å². The van der Waals surface area contributed by atoms with Gasteiger partial charge in [0.15, 0.2) is 11.6 Å². The summed E-state index contributed by atoms with van der Waals surface area (Å²) in [6.07, 6.45) is 0.292. The predicted molar refractivity (Wildman–Crippen MR) is 59.1 cm³/mol. The summed E-state index contributed by atoms with van der Waals surface area (Å²) >= 11 is 5.35. The van der Waals surface area contributed by atoms with Gasteiger partial charge in [-0.15, -0.1) is 11.6 Å². The molecule has 1 rings (SSSR count). The van der Waals surface area contributed by atoms with Gasteiger partial charge in [-0.1, -0.05) is 0 Å². The van der Waals surface area contributed by atoms with Gasteiger partial charge in [0, 0.05) is 11.9 Å². The largest absolute Gasteiger partial charge is 0.283 e. The first-order valence-electron chi connectivity index (χ1n) is 4.46. The molecule has 0 amide bonds. The van der Waals surface area contributed by atoms with E-state index >= 15 is 0 Å². The van der Waals surface area contributed by atoms with Crippen LogP contribution in [0.1, 0.15) is 6.42 Å². The number of anilines is 1. The number of benzene rings is 1. The van der Waals surface area contributed by atoms with Gasteiger partial charge in [0.2, 0.25) is 10.0 Å². The van der Waals surface area contributed by atoms with E-state index in [1.165, 1.54) is 0 Å². The molecule has 0 radical (unpaired) electrons. The normalized spacial score (nSPS) is 11.4. The van der Waals surface area contributed by atoms with Crippen LogP contribution in [0.25, 0.3) is 0 Å². The van der Waals surface area contributed by atoms with Crippen molar-refractivity contribution in [3.05, 3.63) is 29.8 Å². The van der Waals surface area contributed by atoms with Crippen molar-refractivity contribution in [2.24, 2.45) is 0 Å². The maximum absolute atomic E-state index is 12.8. The smallest absolute Gasteiger partial charge is 0.232 e. The molecular formula is C9H10ClF2NO2S. The SMILES string of the molecule is O=S(=O)(CCCCl)Nc1ccc(F)c(F)c1. The van der Waals surface area contributed by atoms with Crippen molar-refractivity contribution in [2.45, 2.75) is 6.42 Å². The Balaban J connectivity index is 2.76. The van der Waals surface area contributed by atoms with Crippen molar-refractivity contribution in [3.8, 4) is 0 Å². The molecule has 90 valence electrons. The van der Waals surface area contributed by atoms with E-state index < -0.39 is 21.7 Å². The first-order chi connectivity index (χ1) is 7.44. The molecule has 1 aromatic carbocycles. The monoisotopic (exact) mass is 269 g/mol. The van der Waals surface area contributed by atoms with E-state index in [1.807, 2.05) is 0 Å². The fraction of sp³-hybridized carbons (Fsp3) is 0.333. The van der Waals surface area contributed by atoms with Crippen molar-refractivity contribution < 1.29 is 17.2 Å². The van der Waals surface area contributed by atoms with Gasteiger partial charge in [0.25, 0.3) is 0 Å². The van der Waals surface area contributed by atoms with Crippen molar-refractivity contribution >= 4 is 27.3 Å². The zero-order valence-corrected chi connectivity index (χ0v) is 9.78. The Morgan fingerprint density at radius 1 is 1.25 bits per heavy atom. The van der Waals surface area contributed by atoms with Gasteiger partial charge in [-0.2, -0.15) is 0 Å². The molecule has 0 unspecified atom stereocenters. The van der Waals surface area contributed by atoms with Crippen LogP contribution in [0.4, 0.5) is 14.5 Å². The van der Waals surface area contributed by atoms with E-state index in [0.717, 1.165) is 18.2 Å². The first-order valence-corrected chi connectivity index (χ1v) is 6.65. The molecule has 16 heavy (non-hydrogen) atoms. The predicted octanol–water partition coefficient (Wildman–Crippen LogP) is 2.34. The molecule has 1 aromatic rings. The second-order valence-corrected chi connectivity index (χ2v) is 5.31. The maximum atomic E-state index is 12.8. The molecule has 0 aliphatic heterocycles. The molecule has 0 bridgehead atoms. The van der Waals surface area contributed by atoms with E-state index in [4.69, 9.17) is 11.6 Å². The third kappa shape index (κ3) is 3.94. The van der Waals surface area contributed by atoms with Crippen LogP contribution in [0.3, 0.4) is 0 Å². The van der Waals surface area contributed by atoms with Crippen molar-refractivity contribution in [3.63, 3.8) is 0 Å². The molecule has 7 heteroatoms. The van der Waals surface area contributed by atoms with Gasteiger partial charge in [-0.3, -0.25) is 4.72 Å². The fourth-order valence-corrected chi connectivity index (χ4v) is 2.44. The lowest BCUT2D eigenvalue weighted by molar-refractivity contribution is 0.509. The Morgan fingerprint density at radius 3 is 2.50 bits per heavy atom. The number of sulfonamides is 1. The molecule has 0 atom stereocenters. The zero-order valence-electron chi connectivity index (χ0n) is 8.21. The Kier molecular flexibility index (Phi) is 4.49. The summed E-state index contributed by atoms with van der Waals surface area (Å²) in [6.45, 7) is 0. The highest BCUT2D eigenvalue weighted by Gasteiger charge is 2.11. The molecule has 0 spiro atoms. The van der Waals surface area contributed by atoms with Gasteiger partial charge in [0.1, 0.15) is 0 Å². The van der Waals surface area contributed by atoms with Crippen molar-refractivity contribution in [1.82, 2.24) is 0 Å². The van der Waals surface area contributed by atoms with Gasteiger partial charge < -0.3 is 0 Å². The fourth-order valence-electron chi connectivity index (χ4n) is 1.03. The maximum Gasteiger partial charge on any atom is 0.232 e. The molecule has 3 nitrogen and oxygen atoms in total. The second-order valence-electron chi connectivity index (χ2n) is 3.09. The van der Waals surface area contributed by atoms with Crippen molar-refractivity contribution in [1.29, 1.82) is 0 Å². The minimum Gasteiger partial charge on any atom is -0.283 e. The molecule has 0 fully saturated rings. The average molecular weight is 270 g/mol. The quantitative estimate of drug-likeness (QED) is 0.834. The van der Waals surface area contributed by atoms with E-state index in [0.29, 0.717) is 6.42 Å². The third-order valence-corrected chi connectivity index (χ3v) is 3.38. The number of alkyl halides is 1.